The van der Waals surface area contributed by atoms with Gasteiger partial charge in [0.1, 0.15) is 0 Å². The molecule has 0 saturated heterocycles. The Bertz CT molecular complexity index is 523. The monoisotopic (exact) mass is 390 g/mol. The van der Waals surface area contributed by atoms with Crippen LogP contribution in [0.2, 0.25) is 0 Å². The van der Waals surface area contributed by atoms with Gasteiger partial charge in [-0.25, -0.2) is 4.79 Å². The molecular weight excluding hydrogens is 360 g/mol. The van der Waals surface area contributed by atoms with Crippen LogP contribution in [0, 0.1) is 11.8 Å². The van der Waals surface area contributed by atoms with Gasteiger partial charge in [0.05, 0.1) is 18.9 Å². The molecule has 0 heterocycles. The summed E-state index contributed by atoms with van der Waals surface area (Å²) in [4.78, 5) is 41.0. The van der Waals surface area contributed by atoms with Crippen molar-refractivity contribution in [2.24, 2.45) is 11.8 Å². The number of rotatable bonds is 12. The molecule has 156 valence electrons. The van der Waals surface area contributed by atoms with Crippen LogP contribution in [0.25, 0.3) is 0 Å². The van der Waals surface area contributed by atoms with E-state index in [0.717, 1.165) is 19.8 Å². The van der Waals surface area contributed by atoms with Crippen LogP contribution < -0.4 is 0 Å². The number of allylic oxidation sites excluding steroid dienone is 2. The maximum absolute atomic E-state index is 10.5. The zero-order valence-electron chi connectivity index (χ0n) is 16.2. The molecule has 3 unspecified atom stereocenters. The highest BCUT2D eigenvalue weighted by molar-refractivity contribution is 5.89. The molecule has 4 N–H and O–H groups in total. The van der Waals surface area contributed by atoms with Crippen molar-refractivity contribution in [1.29, 1.82) is 0 Å². The number of hydrogen-bond acceptors (Lipinski definition) is 6. The third-order valence-corrected chi connectivity index (χ3v) is 3.89. The van der Waals surface area contributed by atoms with Gasteiger partial charge in [0.2, 0.25) is 0 Å². The zero-order chi connectivity index (χ0) is 21.6. The van der Waals surface area contributed by atoms with Gasteiger partial charge < -0.3 is 25.2 Å². The first-order chi connectivity index (χ1) is 12.4. The van der Waals surface area contributed by atoms with E-state index >= 15 is 0 Å². The van der Waals surface area contributed by atoms with Gasteiger partial charge in [0.15, 0.2) is 5.60 Å². The zero-order valence-corrected chi connectivity index (χ0v) is 16.2. The molecular formula is C18H30O9. The van der Waals surface area contributed by atoms with Crippen molar-refractivity contribution >= 4 is 24.4 Å². The number of carbonyl (C=O) groups is 4. The van der Waals surface area contributed by atoms with Crippen LogP contribution in [0.1, 0.15) is 53.4 Å². The number of aliphatic carboxylic acids is 3. The number of aliphatic hydroxyl groups is 1. The fourth-order valence-electron chi connectivity index (χ4n) is 1.97. The van der Waals surface area contributed by atoms with Crippen LogP contribution in [-0.4, -0.2) is 57.0 Å². The molecule has 0 aliphatic heterocycles. The molecule has 0 spiro atoms. The van der Waals surface area contributed by atoms with E-state index in [2.05, 4.69) is 31.6 Å². The summed E-state index contributed by atoms with van der Waals surface area (Å²) in [5.74, 6) is -6.08. The lowest BCUT2D eigenvalue weighted by Crippen LogP contribution is -2.49. The first-order valence-electron chi connectivity index (χ1n) is 8.47. The molecule has 0 rings (SSSR count). The van der Waals surface area contributed by atoms with Crippen LogP contribution in [0.15, 0.2) is 11.6 Å². The highest BCUT2D eigenvalue weighted by Gasteiger charge is 2.47. The van der Waals surface area contributed by atoms with Gasteiger partial charge in [-0.3, -0.25) is 14.4 Å². The van der Waals surface area contributed by atoms with Crippen LogP contribution >= 0.6 is 0 Å². The first-order valence-corrected chi connectivity index (χ1v) is 8.47. The molecule has 9 heteroatoms. The summed E-state index contributed by atoms with van der Waals surface area (Å²) < 4.78 is 4.64. The molecule has 27 heavy (non-hydrogen) atoms. The summed E-state index contributed by atoms with van der Waals surface area (Å²) in [6.07, 6.45) is 4.36. The number of ether oxygens (including phenoxy) is 1. The Labute approximate surface area is 158 Å². The largest absolute Gasteiger partial charge is 0.481 e. The van der Waals surface area contributed by atoms with Crippen LogP contribution in [0.4, 0.5) is 0 Å². The van der Waals surface area contributed by atoms with Crippen molar-refractivity contribution < 1.29 is 44.3 Å². The fourth-order valence-corrected chi connectivity index (χ4v) is 1.97. The minimum absolute atomic E-state index is 0.517. The number of carbonyl (C=O) groups excluding carboxylic acids is 1. The average Bonchev–Trinajstić information content (AvgIpc) is 2.53. The lowest BCUT2D eigenvalue weighted by Gasteiger charge is -2.25. The van der Waals surface area contributed by atoms with E-state index in [1.54, 1.807) is 0 Å². The van der Waals surface area contributed by atoms with Gasteiger partial charge in [-0.1, -0.05) is 18.6 Å². The maximum Gasteiger partial charge on any atom is 0.337 e. The third-order valence-electron chi connectivity index (χ3n) is 3.89. The van der Waals surface area contributed by atoms with Gasteiger partial charge in [-0.05, 0) is 46.0 Å². The SMILES string of the molecule is CC(C(=O)O)C(O)(CC(=O)O)C(=O)O.CC(C)=CCCC(C)CCOC=O. The van der Waals surface area contributed by atoms with Crippen molar-refractivity contribution in [1.82, 2.24) is 0 Å². The molecule has 0 aromatic carbocycles. The van der Waals surface area contributed by atoms with E-state index in [0.29, 0.717) is 19.0 Å². The second kappa shape index (κ2) is 13.7. The average molecular weight is 390 g/mol. The molecule has 0 saturated carbocycles. The van der Waals surface area contributed by atoms with Crippen LogP contribution in [-0.2, 0) is 23.9 Å². The van der Waals surface area contributed by atoms with E-state index in [1.807, 2.05) is 0 Å². The quantitative estimate of drug-likeness (QED) is 0.222. The Morgan fingerprint density at radius 3 is 2.00 bits per heavy atom. The Morgan fingerprint density at radius 1 is 1.07 bits per heavy atom. The second-order valence-electron chi connectivity index (χ2n) is 6.58. The molecule has 3 atom stereocenters. The Morgan fingerprint density at radius 2 is 1.63 bits per heavy atom. The highest BCUT2D eigenvalue weighted by Crippen LogP contribution is 2.22. The van der Waals surface area contributed by atoms with Gasteiger partial charge in [0.25, 0.3) is 6.47 Å². The molecule has 0 amide bonds. The molecule has 0 bridgehead atoms. The standard InChI is InChI=1S/C11H20O2.C7H10O7/c1-10(2)5-4-6-11(3)7-8-13-9-12;1-3(5(10)11)7(14,6(12)13)2-4(8)9/h5,9,11H,4,6-8H2,1-3H3;3,14H,2H2,1H3,(H,8,9)(H,10,11)(H,12,13). The second-order valence-corrected chi connectivity index (χ2v) is 6.58. The molecule has 0 aliphatic rings. The Hall–Kier alpha value is -2.42. The van der Waals surface area contributed by atoms with E-state index in [9.17, 15) is 24.3 Å². The summed E-state index contributed by atoms with van der Waals surface area (Å²) >= 11 is 0. The van der Waals surface area contributed by atoms with Crippen LogP contribution in [0.5, 0.6) is 0 Å². The van der Waals surface area contributed by atoms with Gasteiger partial charge in [0, 0.05) is 0 Å². The summed E-state index contributed by atoms with van der Waals surface area (Å²) in [6.45, 7) is 8.41. The lowest BCUT2D eigenvalue weighted by atomic mass is 9.86. The topological polar surface area (TPSA) is 158 Å². The molecule has 0 aromatic rings. The maximum atomic E-state index is 10.5. The molecule has 0 radical (unpaired) electrons. The van der Waals surface area contributed by atoms with Crippen LogP contribution in [0.3, 0.4) is 0 Å². The van der Waals surface area contributed by atoms with Gasteiger partial charge >= 0.3 is 17.9 Å². The third kappa shape index (κ3) is 12.6. The summed E-state index contributed by atoms with van der Waals surface area (Å²) in [6, 6.07) is 0. The molecule has 0 fully saturated rings. The summed E-state index contributed by atoms with van der Waals surface area (Å²) in [5.41, 5.74) is -1.41. The Kier molecular flexibility index (Phi) is 13.6. The predicted octanol–water partition coefficient (Wildman–Crippen LogP) is 1.93. The first kappa shape index (κ1) is 26.8. The molecule has 0 aliphatic carbocycles. The lowest BCUT2D eigenvalue weighted by molar-refractivity contribution is -0.177. The predicted molar refractivity (Wildman–Crippen MR) is 96.1 cm³/mol. The van der Waals surface area contributed by atoms with Gasteiger partial charge in [-0.2, -0.15) is 0 Å². The smallest absolute Gasteiger partial charge is 0.337 e. The Balaban J connectivity index is 0. The van der Waals surface area contributed by atoms with Crippen molar-refractivity contribution in [3.05, 3.63) is 11.6 Å². The van der Waals surface area contributed by atoms with Crippen molar-refractivity contribution in [3.63, 3.8) is 0 Å². The van der Waals surface area contributed by atoms with Gasteiger partial charge in [-0.15, -0.1) is 0 Å². The molecule has 9 nitrogen and oxygen atoms in total. The van der Waals surface area contributed by atoms with E-state index in [-0.39, 0.29) is 0 Å². The summed E-state index contributed by atoms with van der Waals surface area (Å²) in [7, 11) is 0. The minimum Gasteiger partial charge on any atom is -0.481 e. The van der Waals surface area contributed by atoms with E-state index < -0.39 is 35.8 Å². The summed E-state index contributed by atoms with van der Waals surface area (Å²) in [5, 5.41) is 34.6. The fraction of sp³-hybridized carbons (Fsp3) is 0.667. The number of carboxylic acid groups (broad SMARTS) is 3. The number of hydrogen-bond donors (Lipinski definition) is 4. The van der Waals surface area contributed by atoms with Crippen molar-refractivity contribution in [2.45, 2.75) is 59.0 Å². The van der Waals surface area contributed by atoms with E-state index in [4.69, 9.17) is 15.3 Å². The number of carboxylic acids is 3. The normalized spacial score (nSPS) is 14.4. The molecule has 0 aromatic heterocycles. The van der Waals surface area contributed by atoms with E-state index in [1.165, 1.54) is 12.0 Å². The highest BCUT2D eigenvalue weighted by atomic mass is 16.5. The van der Waals surface area contributed by atoms with Crippen molar-refractivity contribution in [2.75, 3.05) is 6.61 Å². The van der Waals surface area contributed by atoms with Crippen molar-refractivity contribution in [3.8, 4) is 0 Å². The minimum atomic E-state index is -2.78.